The summed E-state index contributed by atoms with van der Waals surface area (Å²) in [5.41, 5.74) is 0.0245. The summed E-state index contributed by atoms with van der Waals surface area (Å²) < 4.78 is 0. The van der Waals surface area contributed by atoms with E-state index < -0.39 is 0 Å². The van der Waals surface area contributed by atoms with E-state index in [4.69, 9.17) is 0 Å². The Balaban J connectivity index is 1.99. The standard InChI is InChI=1S/C16H25N3OS/c1-4-8-18(11-14-6-5-10-21-14)15(20)12-19-9-7-17-13-16(19,2)3/h4-6,10,17H,1,7-9,11-13H2,2-3H3. The van der Waals surface area contributed by atoms with Gasteiger partial charge in [0.15, 0.2) is 0 Å². The number of thiophene rings is 1. The molecule has 0 saturated carbocycles. The van der Waals surface area contributed by atoms with Crippen molar-refractivity contribution in [3.63, 3.8) is 0 Å². The van der Waals surface area contributed by atoms with Crippen molar-refractivity contribution in [3.05, 3.63) is 35.0 Å². The molecule has 0 atom stereocenters. The molecule has 21 heavy (non-hydrogen) atoms. The lowest BCUT2D eigenvalue weighted by atomic mass is 10.0. The molecule has 0 bridgehead atoms. The molecule has 0 aromatic carbocycles. The fourth-order valence-electron chi connectivity index (χ4n) is 2.58. The van der Waals surface area contributed by atoms with Crippen LogP contribution in [0.2, 0.25) is 0 Å². The summed E-state index contributed by atoms with van der Waals surface area (Å²) in [6.45, 7) is 12.7. The number of piperazine rings is 1. The van der Waals surface area contributed by atoms with Gasteiger partial charge in [-0.2, -0.15) is 0 Å². The highest BCUT2D eigenvalue weighted by molar-refractivity contribution is 7.09. The average Bonchev–Trinajstić information content (AvgIpc) is 2.93. The van der Waals surface area contributed by atoms with Crippen molar-refractivity contribution in [2.45, 2.75) is 25.9 Å². The van der Waals surface area contributed by atoms with Crippen LogP contribution in [0.3, 0.4) is 0 Å². The fourth-order valence-corrected chi connectivity index (χ4v) is 3.30. The molecule has 0 aliphatic carbocycles. The monoisotopic (exact) mass is 307 g/mol. The van der Waals surface area contributed by atoms with E-state index in [9.17, 15) is 4.79 Å². The molecular formula is C16H25N3OS. The van der Waals surface area contributed by atoms with Crippen molar-refractivity contribution in [1.82, 2.24) is 15.1 Å². The van der Waals surface area contributed by atoms with Crippen LogP contribution < -0.4 is 5.32 Å². The normalized spacial score (nSPS) is 18.4. The van der Waals surface area contributed by atoms with Crippen LogP contribution >= 0.6 is 11.3 Å². The molecule has 116 valence electrons. The smallest absolute Gasteiger partial charge is 0.237 e. The molecule has 1 N–H and O–H groups in total. The van der Waals surface area contributed by atoms with E-state index in [1.807, 2.05) is 16.3 Å². The first kappa shape index (κ1) is 16.2. The first-order valence-corrected chi connectivity index (χ1v) is 8.28. The van der Waals surface area contributed by atoms with E-state index in [0.717, 1.165) is 19.6 Å². The second kappa shape index (κ2) is 7.20. The summed E-state index contributed by atoms with van der Waals surface area (Å²) in [6.07, 6.45) is 1.80. The van der Waals surface area contributed by atoms with Crippen LogP contribution in [0.1, 0.15) is 18.7 Å². The van der Waals surface area contributed by atoms with Crippen LogP contribution in [0.15, 0.2) is 30.2 Å². The number of carbonyl (C=O) groups is 1. The van der Waals surface area contributed by atoms with Gasteiger partial charge in [-0.15, -0.1) is 17.9 Å². The number of carbonyl (C=O) groups excluding carboxylic acids is 1. The van der Waals surface area contributed by atoms with Gasteiger partial charge in [-0.1, -0.05) is 12.1 Å². The Kier molecular flexibility index (Phi) is 5.56. The van der Waals surface area contributed by atoms with Crippen molar-refractivity contribution in [1.29, 1.82) is 0 Å². The largest absolute Gasteiger partial charge is 0.333 e. The summed E-state index contributed by atoms with van der Waals surface area (Å²) in [4.78, 5) is 18.0. The number of nitrogens with one attached hydrogen (secondary N) is 1. The Morgan fingerprint density at radius 2 is 2.43 bits per heavy atom. The van der Waals surface area contributed by atoms with Crippen LogP contribution in [0, 0.1) is 0 Å². The van der Waals surface area contributed by atoms with Crippen molar-refractivity contribution >= 4 is 17.2 Å². The molecular weight excluding hydrogens is 282 g/mol. The van der Waals surface area contributed by atoms with Gasteiger partial charge >= 0.3 is 0 Å². The number of hydrogen-bond acceptors (Lipinski definition) is 4. The van der Waals surface area contributed by atoms with Crippen molar-refractivity contribution in [3.8, 4) is 0 Å². The molecule has 1 aromatic rings. The highest BCUT2D eigenvalue weighted by Crippen LogP contribution is 2.17. The molecule has 1 aliphatic heterocycles. The Morgan fingerprint density at radius 1 is 1.62 bits per heavy atom. The van der Waals surface area contributed by atoms with Gasteiger partial charge in [-0.05, 0) is 25.3 Å². The predicted molar refractivity (Wildman–Crippen MR) is 88.5 cm³/mol. The maximum absolute atomic E-state index is 12.6. The maximum Gasteiger partial charge on any atom is 0.237 e. The lowest BCUT2D eigenvalue weighted by Crippen LogP contribution is -2.60. The van der Waals surface area contributed by atoms with Gasteiger partial charge in [-0.3, -0.25) is 9.69 Å². The summed E-state index contributed by atoms with van der Waals surface area (Å²) in [6, 6.07) is 4.10. The zero-order chi connectivity index (χ0) is 15.3. The summed E-state index contributed by atoms with van der Waals surface area (Å²) >= 11 is 1.69. The molecule has 1 aromatic heterocycles. The Labute approximate surface area is 131 Å². The van der Waals surface area contributed by atoms with E-state index in [1.54, 1.807) is 17.4 Å². The molecule has 1 fully saturated rings. The van der Waals surface area contributed by atoms with Gasteiger partial charge < -0.3 is 10.2 Å². The minimum atomic E-state index is 0.0245. The maximum atomic E-state index is 12.6. The summed E-state index contributed by atoms with van der Waals surface area (Å²) in [5.74, 6) is 0.179. The van der Waals surface area contributed by atoms with Crippen LogP contribution in [-0.2, 0) is 11.3 Å². The van der Waals surface area contributed by atoms with Gasteiger partial charge in [0.2, 0.25) is 5.91 Å². The predicted octanol–water partition coefficient (Wildman–Crippen LogP) is 1.95. The van der Waals surface area contributed by atoms with Crippen LogP contribution in [0.25, 0.3) is 0 Å². The van der Waals surface area contributed by atoms with Gasteiger partial charge in [0.05, 0.1) is 13.1 Å². The highest BCUT2D eigenvalue weighted by Gasteiger charge is 2.31. The number of rotatable bonds is 6. The SMILES string of the molecule is C=CCN(Cc1cccs1)C(=O)CN1CCNCC1(C)C. The molecule has 0 spiro atoms. The highest BCUT2D eigenvalue weighted by atomic mass is 32.1. The number of nitrogens with zero attached hydrogens (tertiary/aromatic N) is 2. The average molecular weight is 307 g/mol. The Hall–Kier alpha value is -1.17. The van der Waals surface area contributed by atoms with E-state index in [-0.39, 0.29) is 11.4 Å². The molecule has 1 aliphatic rings. The lowest BCUT2D eigenvalue weighted by Gasteiger charge is -2.43. The van der Waals surface area contributed by atoms with Gasteiger partial charge in [0.1, 0.15) is 0 Å². The molecule has 1 amide bonds. The van der Waals surface area contributed by atoms with Gasteiger partial charge in [0, 0.05) is 36.6 Å². The topological polar surface area (TPSA) is 35.6 Å². The molecule has 2 heterocycles. The van der Waals surface area contributed by atoms with E-state index in [2.05, 4.69) is 36.7 Å². The number of amides is 1. The fraction of sp³-hybridized carbons (Fsp3) is 0.562. The minimum absolute atomic E-state index is 0.0245. The molecule has 4 nitrogen and oxygen atoms in total. The lowest BCUT2D eigenvalue weighted by molar-refractivity contribution is -0.134. The quantitative estimate of drug-likeness (QED) is 0.816. The summed E-state index contributed by atoms with van der Waals surface area (Å²) in [5, 5.41) is 5.43. The number of hydrogen-bond donors (Lipinski definition) is 1. The van der Waals surface area contributed by atoms with Crippen molar-refractivity contribution < 1.29 is 4.79 Å². The minimum Gasteiger partial charge on any atom is -0.333 e. The molecule has 2 rings (SSSR count). The molecule has 1 saturated heterocycles. The second-order valence-electron chi connectivity index (χ2n) is 6.05. The van der Waals surface area contributed by atoms with Crippen LogP contribution in [-0.4, -0.2) is 54.0 Å². The Bertz CT molecular complexity index is 470. The third kappa shape index (κ3) is 4.40. The Morgan fingerprint density at radius 3 is 3.05 bits per heavy atom. The summed E-state index contributed by atoms with van der Waals surface area (Å²) in [7, 11) is 0. The third-order valence-electron chi connectivity index (χ3n) is 3.93. The van der Waals surface area contributed by atoms with Crippen LogP contribution in [0.5, 0.6) is 0 Å². The van der Waals surface area contributed by atoms with Gasteiger partial charge in [0.25, 0.3) is 0 Å². The van der Waals surface area contributed by atoms with Crippen LogP contribution in [0.4, 0.5) is 0 Å². The first-order valence-electron chi connectivity index (χ1n) is 7.40. The first-order chi connectivity index (χ1) is 10.0. The zero-order valence-electron chi connectivity index (χ0n) is 13.0. The van der Waals surface area contributed by atoms with E-state index in [0.29, 0.717) is 19.6 Å². The molecule has 5 heteroatoms. The molecule has 0 radical (unpaired) electrons. The van der Waals surface area contributed by atoms with Crippen molar-refractivity contribution in [2.24, 2.45) is 0 Å². The second-order valence-corrected chi connectivity index (χ2v) is 7.09. The third-order valence-corrected chi connectivity index (χ3v) is 4.79. The van der Waals surface area contributed by atoms with Crippen molar-refractivity contribution in [2.75, 3.05) is 32.7 Å². The van der Waals surface area contributed by atoms with Gasteiger partial charge in [-0.25, -0.2) is 0 Å². The zero-order valence-corrected chi connectivity index (χ0v) is 13.8. The van der Waals surface area contributed by atoms with E-state index >= 15 is 0 Å². The molecule has 0 unspecified atom stereocenters. The van der Waals surface area contributed by atoms with E-state index in [1.165, 1.54) is 4.88 Å².